The molecule has 0 unspecified atom stereocenters. The number of hydrogen-bond donors (Lipinski definition) is 2. The van der Waals surface area contributed by atoms with Crippen LogP contribution in [0.1, 0.15) is 22.4 Å². The fraction of sp³-hybridized carbons (Fsp3) is 0.200. The van der Waals surface area contributed by atoms with Crippen LogP contribution in [0.5, 0.6) is 11.6 Å². The molecule has 3 N–H and O–H groups in total. The lowest BCUT2D eigenvalue weighted by Gasteiger charge is -2.14. The molecule has 0 aliphatic rings. The molecule has 0 amide bonds. The van der Waals surface area contributed by atoms with Crippen LogP contribution >= 0.6 is 15.9 Å². The molecule has 0 radical (unpaired) electrons. The van der Waals surface area contributed by atoms with Gasteiger partial charge in [-0.05, 0) is 56.2 Å². The molecule has 6 heteroatoms. The van der Waals surface area contributed by atoms with E-state index < -0.39 is 0 Å². The standard InChI is InChI=1S/C15H16BrN3O2/c1-8-7-11(16)4-5-12(8)21-15-13(14(17)19-20)9(2)6-10(3)18-15/h4-7,20H,1-3H3,(H2,17,19). The van der Waals surface area contributed by atoms with Crippen molar-refractivity contribution in [2.45, 2.75) is 20.8 Å². The molecule has 0 aliphatic heterocycles. The van der Waals surface area contributed by atoms with Gasteiger partial charge in [0.1, 0.15) is 5.75 Å². The van der Waals surface area contributed by atoms with Gasteiger partial charge in [0.2, 0.25) is 5.88 Å². The van der Waals surface area contributed by atoms with Crippen LogP contribution in [0.4, 0.5) is 0 Å². The summed E-state index contributed by atoms with van der Waals surface area (Å²) >= 11 is 3.41. The van der Waals surface area contributed by atoms with Crippen molar-refractivity contribution >= 4 is 21.8 Å². The number of halogens is 1. The second-order valence-electron chi connectivity index (χ2n) is 4.76. The van der Waals surface area contributed by atoms with E-state index in [0.29, 0.717) is 17.2 Å². The van der Waals surface area contributed by atoms with Crippen molar-refractivity contribution in [3.8, 4) is 11.6 Å². The molecule has 0 fully saturated rings. The Morgan fingerprint density at radius 3 is 2.57 bits per heavy atom. The molecular formula is C15H16BrN3O2. The molecule has 2 aromatic rings. The van der Waals surface area contributed by atoms with Gasteiger partial charge >= 0.3 is 0 Å². The van der Waals surface area contributed by atoms with Gasteiger partial charge in [-0.25, -0.2) is 4.98 Å². The molecule has 110 valence electrons. The Bertz CT molecular complexity index is 714. The van der Waals surface area contributed by atoms with Crippen molar-refractivity contribution in [1.29, 1.82) is 0 Å². The van der Waals surface area contributed by atoms with Crippen molar-refractivity contribution in [2.75, 3.05) is 0 Å². The van der Waals surface area contributed by atoms with Crippen molar-refractivity contribution in [2.24, 2.45) is 10.9 Å². The summed E-state index contributed by atoms with van der Waals surface area (Å²) in [6, 6.07) is 7.53. The van der Waals surface area contributed by atoms with E-state index in [1.807, 2.05) is 45.0 Å². The first kappa shape index (κ1) is 15.3. The molecule has 0 saturated heterocycles. The summed E-state index contributed by atoms with van der Waals surface area (Å²) in [5.41, 5.74) is 8.81. The highest BCUT2D eigenvalue weighted by Gasteiger charge is 2.16. The zero-order valence-corrected chi connectivity index (χ0v) is 13.6. The van der Waals surface area contributed by atoms with Crippen LogP contribution in [0.25, 0.3) is 0 Å². The van der Waals surface area contributed by atoms with Gasteiger partial charge in [-0.1, -0.05) is 21.1 Å². The number of aryl methyl sites for hydroxylation is 3. The van der Waals surface area contributed by atoms with Crippen molar-refractivity contribution < 1.29 is 9.94 Å². The molecule has 1 aromatic heterocycles. The number of nitrogens with two attached hydrogens (primary N) is 1. The summed E-state index contributed by atoms with van der Waals surface area (Å²) in [6.07, 6.45) is 0. The van der Waals surface area contributed by atoms with E-state index in [9.17, 15) is 0 Å². The summed E-state index contributed by atoms with van der Waals surface area (Å²) in [5, 5.41) is 12.0. The number of ether oxygens (including phenoxy) is 1. The molecule has 5 nitrogen and oxygen atoms in total. The summed E-state index contributed by atoms with van der Waals surface area (Å²) in [5.74, 6) is 0.973. The number of amidine groups is 1. The number of rotatable bonds is 3. The van der Waals surface area contributed by atoms with E-state index >= 15 is 0 Å². The fourth-order valence-electron chi connectivity index (χ4n) is 2.07. The van der Waals surface area contributed by atoms with E-state index in [1.165, 1.54) is 0 Å². The summed E-state index contributed by atoms with van der Waals surface area (Å²) < 4.78 is 6.85. The number of benzene rings is 1. The topological polar surface area (TPSA) is 80.7 Å². The minimum absolute atomic E-state index is 0.0234. The smallest absolute Gasteiger partial charge is 0.230 e. The van der Waals surface area contributed by atoms with Crippen LogP contribution in [0.2, 0.25) is 0 Å². The van der Waals surface area contributed by atoms with E-state index in [4.69, 9.17) is 15.7 Å². The fourth-order valence-corrected chi connectivity index (χ4v) is 2.54. The molecule has 1 aromatic carbocycles. The van der Waals surface area contributed by atoms with Crippen LogP contribution in [-0.4, -0.2) is 16.0 Å². The summed E-state index contributed by atoms with van der Waals surface area (Å²) in [4.78, 5) is 4.36. The van der Waals surface area contributed by atoms with Gasteiger partial charge in [0, 0.05) is 10.2 Å². The Hall–Kier alpha value is -2.08. The predicted molar refractivity (Wildman–Crippen MR) is 85.2 cm³/mol. The minimum atomic E-state index is -0.0234. The van der Waals surface area contributed by atoms with Gasteiger partial charge in [0.05, 0.1) is 5.56 Å². The number of aromatic nitrogens is 1. The molecule has 0 aliphatic carbocycles. The average molecular weight is 350 g/mol. The van der Waals surface area contributed by atoms with Crippen LogP contribution in [-0.2, 0) is 0 Å². The Labute approximate surface area is 131 Å². The first-order valence-electron chi connectivity index (χ1n) is 6.32. The van der Waals surface area contributed by atoms with Crippen molar-refractivity contribution in [3.05, 3.63) is 51.1 Å². The van der Waals surface area contributed by atoms with Gasteiger partial charge in [0.25, 0.3) is 0 Å². The third kappa shape index (κ3) is 3.33. The number of hydrogen-bond acceptors (Lipinski definition) is 4. The third-order valence-corrected chi connectivity index (χ3v) is 3.51. The van der Waals surface area contributed by atoms with Crippen LogP contribution < -0.4 is 10.5 Å². The molecule has 0 bridgehead atoms. The Balaban J connectivity index is 2.53. The molecule has 2 rings (SSSR count). The number of pyridine rings is 1. The highest BCUT2D eigenvalue weighted by molar-refractivity contribution is 9.10. The van der Waals surface area contributed by atoms with E-state index in [2.05, 4.69) is 26.1 Å². The first-order chi connectivity index (χ1) is 9.92. The number of nitrogens with zero attached hydrogens (tertiary/aromatic N) is 2. The highest BCUT2D eigenvalue weighted by Crippen LogP contribution is 2.30. The van der Waals surface area contributed by atoms with Crippen molar-refractivity contribution in [1.82, 2.24) is 4.98 Å². The second-order valence-corrected chi connectivity index (χ2v) is 5.67. The summed E-state index contributed by atoms with van der Waals surface area (Å²) in [6.45, 7) is 5.67. The molecule has 0 saturated carbocycles. The maximum atomic E-state index is 8.94. The van der Waals surface area contributed by atoms with Crippen LogP contribution in [0.3, 0.4) is 0 Å². The maximum Gasteiger partial charge on any atom is 0.230 e. The van der Waals surface area contributed by atoms with Crippen LogP contribution in [0, 0.1) is 20.8 Å². The zero-order valence-electron chi connectivity index (χ0n) is 12.0. The molecular weight excluding hydrogens is 334 g/mol. The maximum absolute atomic E-state index is 8.94. The Morgan fingerprint density at radius 2 is 1.95 bits per heavy atom. The lowest BCUT2D eigenvalue weighted by atomic mass is 10.1. The van der Waals surface area contributed by atoms with Gasteiger partial charge in [0.15, 0.2) is 5.84 Å². The normalized spacial score (nSPS) is 11.5. The molecule has 1 heterocycles. The SMILES string of the molecule is Cc1cc(C)c(C(N)=NO)c(Oc2ccc(Br)cc2C)n1. The van der Waals surface area contributed by atoms with E-state index in [1.54, 1.807) is 0 Å². The van der Waals surface area contributed by atoms with E-state index in [-0.39, 0.29) is 5.84 Å². The van der Waals surface area contributed by atoms with Crippen molar-refractivity contribution in [3.63, 3.8) is 0 Å². The quantitative estimate of drug-likeness (QED) is 0.383. The predicted octanol–water partition coefficient (Wildman–Crippen LogP) is 3.66. The molecule has 0 atom stereocenters. The van der Waals surface area contributed by atoms with E-state index in [0.717, 1.165) is 21.3 Å². The van der Waals surface area contributed by atoms with Gasteiger partial charge in [-0.3, -0.25) is 0 Å². The average Bonchev–Trinajstić information content (AvgIpc) is 2.40. The lowest BCUT2D eigenvalue weighted by Crippen LogP contribution is -2.17. The zero-order chi connectivity index (χ0) is 15.6. The lowest BCUT2D eigenvalue weighted by molar-refractivity contribution is 0.318. The minimum Gasteiger partial charge on any atom is -0.438 e. The number of oxime groups is 1. The molecule has 0 spiro atoms. The first-order valence-corrected chi connectivity index (χ1v) is 7.12. The van der Waals surface area contributed by atoms with Gasteiger partial charge < -0.3 is 15.7 Å². The molecule has 21 heavy (non-hydrogen) atoms. The second kappa shape index (κ2) is 6.13. The third-order valence-electron chi connectivity index (χ3n) is 3.02. The largest absolute Gasteiger partial charge is 0.438 e. The Morgan fingerprint density at radius 1 is 1.24 bits per heavy atom. The monoisotopic (exact) mass is 349 g/mol. The van der Waals surface area contributed by atoms with Crippen LogP contribution in [0.15, 0.2) is 33.9 Å². The van der Waals surface area contributed by atoms with Gasteiger partial charge in [-0.15, -0.1) is 0 Å². The summed E-state index contributed by atoms with van der Waals surface area (Å²) in [7, 11) is 0. The Kier molecular flexibility index (Phi) is 4.47. The highest BCUT2D eigenvalue weighted by atomic mass is 79.9. The van der Waals surface area contributed by atoms with Gasteiger partial charge in [-0.2, -0.15) is 0 Å².